The third-order valence-electron chi connectivity index (χ3n) is 2.67. The molecule has 0 saturated carbocycles. The summed E-state index contributed by atoms with van der Waals surface area (Å²) in [7, 11) is 0. The van der Waals surface area contributed by atoms with Crippen LogP contribution in [0.5, 0.6) is 0 Å². The van der Waals surface area contributed by atoms with Gasteiger partial charge in [0.05, 0.1) is 13.0 Å². The molecular weight excluding hydrogens is 224 g/mol. The lowest BCUT2D eigenvalue weighted by Crippen LogP contribution is -2.09. The third kappa shape index (κ3) is 6.24. The van der Waals surface area contributed by atoms with Gasteiger partial charge in [-0.25, -0.2) is 0 Å². The van der Waals surface area contributed by atoms with Crippen molar-refractivity contribution in [2.24, 2.45) is 5.92 Å². The Morgan fingerprint density at radius 3 is 2.72 bits per heavy atom. The molecule has 0 heterocycles. The van der Waals surface area contributed by atoms with Crippen molar-refractivity contribution in [3.63, 3.8) is 0 Å². The first kappa shape index (κ1) is 14.5. The highest BCUT2D eigenvalue weighted by Crippen LogP contribution is 2.09. The molecule has 2 nitrogen and oxygen atoms in total. The summed E-state index contributed by atoms with van der Waals surface area (Å²) < 4.78 is 5.13. The van der Waals surface area contributed by atoms with Crippen molar-refractivity contribution in [3.05, 3.63) is 42.0 Å². The van der Waals surface area contributed by atoms with Crippen LogP contribution in [-0.2, 0) is 9.53 Å². The molecule has 1 atom stereocenters. The Hall–Kier alpha value is -1.57. The Morgan fingerprint density at radius 1 is 1.33 bits per heavy atom. The Labute approximate surface area is 110 Å². The minimum atomic E-state index is -0.103. The fourth-order valence-corrected chi connectivity index (χ4v) is 1.56. The van der Waals surface area contributed by atoms with Crippen LogP contribution >= 0.6 is 0 Å². The molecule has 0 amide bonds. The topological polar surface area (TPSA) is 26.3 Å². The van der Waals surface area contributed by atoms with Crippen molar-refractivity contribution >= 4 is 12.0 Å². The smallest absolute Gasteiger partial charge is 0.306 e. The van der Waals surface area contributed by atoms with Crippen molar-refractivity contribution in [1.82, 2.24) is 0 Å². The first-order valence-corrected chi connectivity index (χ1v) is 6.61. The van der Waals surface area contributed by atoms with Crippen LogP contribution in [0.2, 0.25) is 0 Å². The van der Waals surface area contributed by atoms with E-state index in [0.717, 1.165) is 18.4 Å². The zero-order valence-electron chi connectivity index (χ0n) is 11.3. The SMILES string of the molecule is CCCCOC(=O)CC(C)/C=C\c1ccccc1. The van der Waals surface area contributed by atoms with Gasteiger partial charge in [-0.3, -0.25) is 4.79 Å². The molecule has 0 aromatic heterocycles. The van der Waals surface area contributed by atoms with E-state index in [0.29, 0.717) is 13.0 Å². The summed E-state index contributed by atoms with van der Waals surface area (Å²) in [6.45, 7) is 4.66. The number of carbonyl (C=O) groups excluding carboxylic acids is 1. The Kier molecular flexibility index (Phi) is 6.85. The van der Waals surface area contributed by atoms with Crippen LogP contribution in [0.25, 0.3) is 6.08 Å². The highest BCUT2D eigenvalue weighted by molar-refractivity contribution is 5.70. The molecular formula is C16H22O2. The summed E-state index contributed by atoms with van der Waals surface area (Å²) in [6.07, 6.45) is 6.55. The maximum Gasteiger partial charge on any atom is 0.306 e. The molecule has 18 heavy (non-hydrogen) atoms. The van der Waals surface area contributed by atoms with E-state index in [1.54, 1.807) is 0 Å². The molecule has 1 aromatic rings. The number of benzene rings is 1. The average Bonchev–Trinajstić information content (AvgIpc) is 2.38. The summed E-state index contributed by atoms with van der Waals surface area (Å²) in [5.41, 5.74) is 1.16. The molecule has 0 aliphatic carbocycles. The summed E-state index contributed by atoms with van der Waals surface area (Å²) in [4.78, 5) is 11.5. The molecule has 0 spiro atoms. The van der Waals surface area contributed by atoms with E-state index < -0.39 is 0 Å². The number of hydrogen-bond donors (Lipinski definition) is 0. The van der Waals surface area contributed by atoms with Crippen LogP contribution in [0.15, 0.2) is 36.4 Å². The van der Waals surface area contributed by atoms with Gasteiger partial charge in [-0.05, 0) is 17.9 Å². The average molecular weight is 246 g/mol. The zero-order valence-corrected chi connectivity index (χ0v) is 11.3. The molecule has 0 bridgehead atoms. The molecule has 0 aliphatic rings. The second-order valence-corrected chi connectivity index (χ2v) is 4.53. The third-order valence-corrected chi connectivity index (χ3v) is 2.67. The van der Waals surface area contributed by atoms with Crippen LogP contribution in [-0.4, -0.2) is 12.6 Å². The number of ether oxygens (including phenoxy) is 1. The fraction of sp³-hybridized carbons (Fsp3) is 0.438. The van der Waals surface area contributed by atoms with Crippen molar-refractivity contribution in [3.8, 4) is 0 Å². The van der Waals surface area contributed by atoms with Gasteiger partial charge < -0.3 is 4.74 Å². The van der Waals surface area contributed by atoms with Crippen LogP contribution in [0, 0.1) is 5.92 Å². The highest BCUT2D eigenvalue weighted by atomic mass is 16.5. The molecule has 98 valence electrons. The zero-order chi connectivity index (χ0) is 13.2. The number of carbonyl (C=O) groups is 1. The fourth-order valence-electron chi connectivity index (χ4n) is 1.56. The lowest BCUT2D eigenvalue weighted by Gasteiger charge is -2.06. The molecule has 1 unspecified atom stereocenters. The quantitative estimate of drug-likeness (QED) is 0.535. The van der Waals surface area contributed by atoms with Crippen LogP contribution < -0.4 is 0 Å². The lowest BCUT2D eigenvalue weighted by molar-refractivity contribution is -0.144. The van der Waals surface area contributed by atoms with E-state index in [-0.39, 0.29) is 11.9 Å². The van der Waals surface area contributed by atoms with Gasteiger partial charge in [0.2, 0.25) is 0 Å². The van der Waals surface area contributed by atoms with Gasteiger partial charge >= 0.3 is 5.97 Å². The minimum Gasteiger partial charge on any atom is -0.466 e. The van der Waals surface area contributed by atoms with E-state index in [4.69, 9.17) is 4.74 Å². The predicted octanol–water partition coefficient (Wildman–Crippen LogP) is 4.07. The molecule has 0 saturated heterocycles. The Morgan fingerprint density at radius 2 is 2.06 bits per heavy atom. The van der Waals surface area contributed by atoms with Crippen molar-refractivity contribution in [2.75, 3.05) is 6.61 Å². The van der Waals surface area contributed by atoms with Crippen molar-refractivity contribution in [2.45, 2.75) is 33.1 Å². The molecule has 0 aliphatic heterocycles. The number of hydrogen-bond acceptors (Lipinski definition) is 2. The summed E-state index contributed by atoms with van der Waals surface area (Å²) >= 11 is 0. The van der Waals surface area contributed by atoms with Crippen LogP contribution in [0.4, 0.5) is 0 Å². The number of unbranched alkanes of at least 4 members (excludes halogenated alkanes) is 1. The van der Waals surface area contributed by atoms with Crippen LogP contribution in [0.1, 0.15) is 38.7 Å². The normalized spacial score (nSPS) is 12.6. The van der Waals surface area contributed by atoms with E-state index in [9.17, 15) is 4.79 Å². The summed E-state index contributed by atoms with van der Waals surface area (Å²) in [5.74, 6) is 0.105. The number of esters is 1. The maximum atomic E-state index is 11.5. The van der Waals surface area contributed by atoms with Crippen LogP contribution in [0.3, 0.4) is 0 Å². The standard InChI is InChI=1S/C16H22O2/c1-3-4-12-18-16(17)13-14(2)10-11-15-8-6-5-7-9-15/h5-11,14H,3-4,12-13H2,1-2H3/b11-10-. The largest absolute Gasteiger partial charge is 0.466 e. The van der Waals surface area contributed by atoms with Crippen molar-refractivity contribution < 1.29 is 9.53 Å². The van der Waals surface area contributed by atoms with Gasteiger partial charge in [-0.15, -0.1) is 0 Å². The predicted molar refractivity (Wildman–Crippen MR) is 75.1 cm³/mol. The summed E-state index contributed by atoms with van der Waals surface area (Å²) in [6, 6.07) is 10.1. The second kappa shape index (κ2) is 8.51. The Balaban J connectivity index is 2.30. The number of allylic oxidation sites excluding steroid dienone is 1. The molecule has 0 fully saturated rings. The van der Waals surface area contributed by atoms with Gasteiger partial charge in [0.15, 0.2) is 0 Å². The molecule has 0 N–H and O–H groups in total. The monoisotopic (exact) mass is 246 g/mol. The van der Waals surface area contributed by atoms with Gasteiger partial charge in [0.25, 0.3) is 0 Å². The Bertz CT molecular complexity index is 368. The highest BCUT2D eigenvalue weighted by Gasteiger charge is 2.07. The van der Waals surface area contributed by atoms with Crippen molar-refractivity contribution in [1.29, 1.82) is 0 Å². The molecule has 1 aromatic carbocycles. The second-order valence-electron chi connectivity index (χ2n) is 4.53. The number of rotatable bonds is 7. The van der Waals surface area contributed by atoms with Gasteiger partial charge in [0, 0.05) is 0 Å². The molecule has 2 heteroatoms. The first-order valence-electron chi connectivity index (χ1n) is 6.61. The lowest BCUT2D eigenvalue weighted by atomic mass is 10.1. The first-order chi connectivity index (χ1) is 8.72. The molecule has 0 radical (unpaired) electrons. The van der Waals surface area contributed by atoms with E-state index in [2.05, 4.69) is 13.0 Å². The minimum absolute atomic E-state index is 0.103. The van der Waals surface area contributed by atoms with Gasteiger partial charge in [-0.1, -0.05) is 62.8 Å². The van der Waals surface area contributed by atoms with E-state index >= 15 is 0 Å². The van der Waals surface area contributed by atoms with E-state index in [1.165, 1.54) is 0 Å². The van der Waals surface area contributed by atoms with Gasteiger partial charge in [-0.2, -0.15) is 0 Å². The van der Waals surface area contributed by atoms with Gasteiger partial charge in [0.1, 0.15) is 0 Å². The van der Waals surface area contributed by atoms with E-state index in [1.807, 2.05) is 43.3 Å². The molecule has 1 rings (SSSR count). The summed E-state index contributed by atoms with van der Waals surface area (Å²) in [5, 5.41) is 0. The maximum absolute atomic E-state index is 11.5.